The van der Waals surface area contributed by atoms with Crippen LogP contribution in [0.25, 0.3) is 0 Å². The van der Waals surface area contributed by atoms with Crippen molar-refractivity contribution in [2.24, 2.45) is 0 Å². The molecular formula is C14H19N3OS. The van der Waals surface area contributed by atoms with Crippen LogP contribution in [0.4, 0.5) is 0 Å². The van der Waals surface area contributed by atoms with E-state index in [-0.39, 0.29) is 0 Å². The van der Waals surface area contributed by atoms with Gasteiger partial charge in [0.2, 0.25) is 0 Å². The largest absolute Gasteiger partial charge is 0.458 e. The molecule has 0 unspecified atom stereocenters. The maximum Gasteiger partial charge on any atom is 0.316 e. The number of rotatable bonds is 7. The average Bonchev–Trinajstić information content (AvgIpc) is 2.92. The number of aromatic nitrogens is 2. The van der Waals surface area contributed by atoms with Gasteiger partial charge in [-0.3, -0.25) is 0 Å². The molecule has 0 saturated carbocycles. The van der Waals surface area contributed by atoms with Crippen molar-refractivity contribution in [3.63, 3.8) is 0 Å². The molecule has 1 N–H and O–H groups in total. The molecule has 0 aromatic carbocycles. The van der Waals surface area contributed by atoms with Crippen LogP contribution in [0, 0.1) is 6.92 Å². The fourth-order valence-corrected chi connectivity index (χ4v) is 2.26. The third-order valence-electron chi connectivity index (χ3n) is 2.72. The van der Waals surface area contributed by atoms with Gasteiger partial charge in [-0.15, -0.1) is 11.3 Å². The number of hydrogen-bond acceptors (Lipinski definition) is 5. The normalized spacial score (nSPS) is 10.6. The zero-order chi connectivity index (χ0) is 13.5. The van der Waals surface area contributed by atoms with Gasteiger partial charge in [-0.25, -0.2) is 9.97 Å². The molecule has 2 aromatic heterocycles. The molecule has 0 bridgehead atoms. The fourth-order valence-electron chi connectivity index (χ4n) is 1.64. The molecular weight excluding hydrogens is 258 g/mol. The number of ether oxygens (including phenoxy) is 1. The molecule has 5 heteroatoms. The smallest absolute Gasteiger partial charge is 0.316 e. The van der Waals surface area contributed by atoms with Gasteiger partial charge >= 0.3 is 6.01 Å². The van der Waals surface area contributed by atoms with Crippen LogP contribution in [0.5, 0.6) is 6.01 Å². The zero-order valence-electron chi connectivity index (χ0n) is 11.3. The Bertz CT molecular complexity index is 499. The lowest BCUT2D eigenvalue weighted by Gasteiger charge is -2.08. The first kappa shape index (κ1) is 14.0. The van der Waals surface area contributed by atoms with Crippen LogP contribution in [0.15, 0.2) is 23.7 Å². The summed E-state index contributed by atoms with van der Waals surface area (Å²) in [6, 6.07) is 4.50. The molecule has 0 aliphatic carbocycles. The molecule has 0 aliphatic heterocycles. The van der Waals surface area contributed by atoms with E-state index in [4.69, 9.17) is 4.74 Å². The SMILES string of the molecule is CCCNCc1cnc(OCc2cccs2)nc1C. The molecule has 2 heterocycles. The molecule has 4 nitrogen and oxygen atoms in total. The lowest BCUT2D eigenvalue weighted by Crippen LogP contribution is -2.15. The van der Waals surface area contributed by atoms with Crippen molar-refractivity contribution in [2.45, 2.75) is 33.4 Å². The molecule has 0 aliphatic rings. The van der Waals surface area contributed by atoms with Crippen LogP contribution in [-0.2, 0) is 13.2 Å². The van der Waals surface area contributed by atoms with Crippen molar-refractivity contribution in [1.29, 1.82) is 0 Å². The van der Waals surface area contributed by atoms with Gasteiger partial charge in [0.15, 0.2) is 0 Å². The summed E-state index contributed by atoms with van der Waals surface area (Å²) in [7, 11) is 0. The maximum absolute atomic E-state index is 5.58. The lowest BCUT2D eigenvalue weighted by atomic mass is 10.2. The van der Waals surface area contributed by atoms with Crippen molar-refractivity contribution in [1.82, 2.24) is 15.3 Å². The average molecular weight is 277 g/mol. The first-order valence-corrected chi connectivity index (χ1v) is 7.36. The van der Waals surface area contributed by atoms with E-state index < -0.39 is 0 Å². The number of nitrogens with zero attached hydrogens (tertiary/aromatic N) is 2. The van der Waals surface area contributed by atoms with Gasteiger partial charge in [-0.05, 0) is 31.3 Å². The Balaban J connectivity index is 1.90. The van der Waals surface area contributed by atoms with E-state index in [1.54, 1.807) is 11.3 Å². The van der Waals surface area contributed by atoms with Crippen LogP contribution in [0.3, 0.4) is 0 Å². The van der Waals surface area contributed by atoms with E-state index in [1.165, 1.54) is 4.88 Å². The summed E-state index contributed by atoms with van der Waals surface area (Å²) in [5.74, 6) is 0. The first-order chi connectivity index (χ1) is 9.29. The molecule has 102 valence electrons. The Morgan fingerprint density at radius 3 is 3.00 bits per heavy atom. The van der Waals surface area contributed by atoms with E-state index in [0.717, 1.165) is 30.8 Å². The molecule has 0 amide bonds. The van der Waals surface area contributed by atoms with Crippen LogP contribution < -0.4 is 10.1 Å². The summed E-state index contributed by atoms with van der Waals surface area (Å²) in [6.07, 6.45) is 2.97. The first-order valence-electron chi connectivity index (χ1n) is 6.48. The molecule has 0 fully saturated rings. The van der Waals surface area contributed by atoms with Gasteiger partial charge in [0.1, 0.15) is 6.61 Å². The Morgan fingerprint density at radius 1 is 1.42 bits per heavy atom. The van der Waals surface area contributed by atoms with E-state index in [2.05, 4.69) is 22.2 Å². The van der Waals surface area contributed by atoms with Gasteiger partial charge in [0.05, 0.1) is 0 Å². The quantitative estimate of drug-likeness (QED) is 0.790. The maximum atomic E-state index is 5.58. The standard InChI is InChI=1S/C14H19N3OS/c1-3-6-15-8-12-9-16-14(17-11(12)2)18-10-13-5-4-7-19-13/h4-5,7,9,15H,3,6,8,10H2,1-2H3. The highest BCUT2D eigenvalue weighted by molar-refractivity contribution is 7.09. The Morgan fingerprint density at radius 2 is 2.32 bits per heavy atom. The highest BCUT2D eigenvalue weighted by atomic mass is 32.1. The van der Waals surface area contributed by atoms with Gasteiger partial charge < -0.3 is 10.1 Å². The summed E-state index contributed by atoms with van der Waals surface area (Å²) >= 11 is 1.67. The minimum Gasteiger partial charge on any atom is -0.458 e. The third-order valence-corrected chi connectivity index (χ3v) is 3.57. The van der Waals surface area contributed by atoms with E-state index in [9.17, 15) is 0 Å². The van der Waals surface area contributed by atoms with Gasteiger partial charge in [0.25, 0.3) is 0 Å². The molecule has 2 aromatic rings. The van der Waals surface area contributed by atoms with Gasteiger partial charge in [0, 0.05) is 28.9 Å². The molecule has 0 radical (unpaired) electrons. The topological polar surface area (TPSA) is 47.0 Å². The summed E-state index contributed by atoms with van der Waals surface area (Å²) in [6.45, 7) is 6.49. The van der Waals surface area contributed by atoms with Crippen LogP contribution in [0.1, 0.15) is 29.5 Å². The van der Waals surface area contributed by atoms with Crippen molar-refractivity contribution in [3.8, 4) is 6.01 Å². The van der Waals surface area contributed by atoms with Crippen LogP contribution in [0.2, 0.25) is 0 Å². The predicted octanol–water partition coefficient (Wildman–Crippen LogP) is 2.93. The van der Waals surface area contributed by atoms with Crippen LogP contribution in [-0.4, -0.2) is 16.5 Å². The number of nitrogens with one attached hydrogen (secondary N) is 1. The Labute approximate surface area is 117 Å². The number of thiophene rings is 1. The highest BCUT2D eigenvalue weighted by Crippen LogP contribution is 2.13. The minimum atomic E-state index is 0.449. The Kier molecular flexibility index (Phi) is 5.30. The van der Waals surface area contributed by atoms with Gasteiger partial charge in [-0.1, -0.05) is 13.0 Å². The summed E-state index contributed by atoms with van der Waals surface area (Å²) < 4.78 is 5.58. The molecule has 0 saturated heterocycles. The van der Waals surface area contributed by atoms with E-state index in [0.29, 0.717) is 12.6 Å². The fraction of sp³-hybridized carbons (Fsp3) is 0.429. The number of hydrogen-bond donors (Lipinski definition) is 1. The molecule has 0 spiro atoms. The van der Waals surface area contributed by atoms with E-state index in [1.807, 2.05) is 30.6 Å². The molecule has 0 atom stereocenters. The zero-order valence-corrected chi connectivity index (χ0v) is 12.2. The third kappa shape index (κ3) is 4.29. The Hall–Kier alpha value is -1.46. The lowest BCUT2D eigenvalue weighted by molar-refractivity contribution is 0.283. The van der Waals surface area contributed by atoms with Crippen molar-refractivity contribution < 1.29 is 4.74 Å². The van der Waals surface area contributed by atoms with Crippen molar-refractivity contribution in [2.75, 3.05) is 6.54 Å². The van der Waals surface area contributed by atoms with E-state index >= 15 is 0 Å². The second kappa shape index (κ2) is 7.21. The highest BCUT2D eigenvalue weighted by Gasteiger charge is 2.04. The summed E-state index contributed by atoms with van der Waals surface area (Å²) in [4.78, 5) is 9.81. The molecule has 19 heavy (non-hydrogen) atoms. The predicted molar refractivity (Wildman–Crippen MR) is 77.4 cm³/mol. The second-order valence-electron chi connectivity index (χ2n) is 4.31. The van der Waals surface area contributed by atoms with Crippen molar-refractivity contribution >= 4 is 11.3 Å². The van der Waals surface area contributed by atoms with Gasteiger partial charge in [-0.2, -0.15) is 0 Å². The van der Waals surface area contributed by atoms with Crippen molar-refractivity contribution in [3.05, 3.63) is 39.8 Å². The molecule has 2 rings (SSSR count). The monoisotopic (exact) mass is 277 g/mol. The summed E-state index contributed by atoms with van der Waals surface area (Å²) in [5.41, 5.74) is 2.09. The minimum absolute atomic E-state index is 0.449. The summed E-state index contributed by atoms with van der Waals surface area (Å²) in [5, 5.41) is 5.38. The van der Waals surface area contributed by atoms with Crippen LogP contribution >= 0.6 is 11.3 Å². The second-order valence-corrected chi connectivity index (χ2v) is 5.34. The number of aryl methyl sites for hydroxylation is 1.